The number of thiazole rings is 1. The highest BCUT2D eigenvalue weighted by Gasteiger charge is 2.11. The first kappa shape index (κ1) is 16.3. The molecule has 5 nitrogen and oxygen atoms in total. The summed E-state index contributed by atoms with van der Waals surface area (Å²) in [7, 11) is 0. The molecule has 1 aromatic carbocycles. The van der Waals surface area contributed by atoms with E-state index in [0.29, 0.717) is 27.9 Å². The Morgan fingerprint density at radius 1 is 1.38 bits per heavy atom. The van der Waals surface area contributed by atoms with Crippen molar-refractivity contribution in [2.75, 3.05) is 5.43 Å². The van der Waals surface area contributed by atoms with E-state index in [1.165, 1.54) is 11.3 Å². The predicted octanol–water partition coefficient (Wildman–Crippen LogP) is 4.39. The number of aromatic nitrogens is 1. The number of hydrazine groups is 1. The summed E-state index contributed by atoms with van der Waals surface area (Å²) in [6, 6.07) is 9.24. The maximum atomic E-state index is 12.2. The van der Waals surface area contributed by atoms with Gasteiger partial charge in [-0.2, -0.15) is 0 Å². The van der Waals surface area contributed by atoms with Crippen LogP contribution >= 0.6 is 11.3 Å². The summed E-state index contributed by atoms with van der Waals surface area (Å²) in [5.74, 6) is 0.529. The molecule has 0 bridgehead atoms. The fourth-order valence-corrected chi connectivity index (χ4v) is 3.04. The van der Waals surface area contributed by atoms with Crippen molar-refractivity contribution < 1.29 is 4.42 Å². The summed E-state index contributed by atoms with van der Waals surface area (Å²) in [6.07, 6.45) is 0.874. The second-order valence-electron chi connectivity index (χ2n) is 5.97. The van der Waals surface area contributed by atoms with Crippen molar-refractivity contribution in [3.05, 3.63) is 58.4 Å². The van der Waals surface area contributed by atoms with E-state index in [4.69, 9.17) is 4.42 Å². The third kappa shape index (κ3) is 3.65. The monoisotopic (exact) mass is 341 g/mol. The van der Waals surface area contributed by atoms with E-state index in [1.807, 2.05) is 29.6 Å². The van der Waals surface area contributed by atoms with E-state index in [-0.39, 0.29) is 5.63 Å². The number of fused-ring (bicyclic) bond motifs is 1. The maximum absolute atomic E-state index is 12.2. The van der Waals surface area contributed by atoms with E-state index in [0.717, 1.165) is 17.5 Å². The molecule has 124 valence electrons. The van der Waals surface area contributed by atoms with E-state index in [2.05, 4.69) is 36.3 Å². The Hall–Kier alpha value is -2.60. The van der Waals surface area contributed by atoms with Gasteiger partial charge in [-0.15, -0.1) is 11.3 Å². The molecule has 0 aliphatic heterocycles. The van der Waals surface area contributed by atoms with Gasteiger partial charge in [0.15, 0.2) is 0 Å². The van der Waals surface area contributed by atoms with Crippen molar-refractivity contribution in [3.63, 3.8) is 0 Å². The van der Waals surface area contributed by atoms with Crippen molar-refractivity contribution in [1.82, 2.24) is 10.4 Å². The summed E-state index contributed by atoms with van der Waals surface area (Å²) in [5, 5.41) is 3.37. The van der Waals surface area contributed by atoms with Gasteiger partial charge in [-0.05, 0) is 24.5 Å². The second-order valence-corrected chi connectivity index (χ2v) is 6.83. The first-order valence-electron chi connectivity index (χ1n) is 7.71. The molecule has 0 aliphatic carbocycles. The lowest BCUT2D eigenvalue weighted by molar-refractivity contribution is 0.563. The van der Waals surface area contributed by atoms with E-state index in [9.17, 15) is 4.79 Å². The van der Waals surface area contributed by atoms with Gasteiger partial charge in [-0.25, -0.2) is 9.78 Å². The molecule has 0 spiro atoms. The Bertz CT molecular complexity index is 927. The molecule has 3 rings (SSSR count). The zero-order valence-corrected chi connectivity index (χ0v) is 14.4. The van der Waals surface area contributed by atoms with Crippen LogP contribution in [-0.2, 0) is 0 Å². The third-order valence-corrected chi connectivity index (χ3v) is 4.18. The molecule has 2 N–H and O–H groups in total. The van der Waals surface area contributed by atoms with Gasteiger partial charge in [0, 0.05) is 16.5 Å². The fraction of sp³-hybridized carbons (Fsp3) is 0.222. The highest BCUT2D eigenvalue weighted by Crippen LogP contribution is 2.25. The molecular weight excluding hydrogens is 322 g/mol. The van der Waals surface area contributed by atoms with Crippen LogP contribution in [0.15, 0.2) is 57.2 Å². The second kappa shape index (κ2) is 6.88. The molecule has 0 amide bonds. The molecule has 3 aromatic rings. The lowest BCUT2D eigenvalue weighted by Crippen LogP contribution is -2.21. The van der Waals surface area contributed by atoms with Crippen LogP contribution < -0.4 is 16.5 Å². The smallest absolute Gasteiger partial charge is 0.345 e. The van der Waals surface area contributed by atoms with Crippen LogP contribution in [0.25, 0.3) is 22.2 Å². The summed E-state index contributed by atoms with van der Waals surface area (Å²) >= 11 is 1.41. The van der Waals surface area contributed by atoms with Crippen molar-refractivity contribution in [2.24, 2.45) is 5.92 Å². The molecule has 6 heteroatoms. The number of benzene rings is 1. The van der Waals surface area contributed by atoms with Crippen LogP contribution in [0.3, 0.4) is 0 Å². The average Bonchev–Trinajstić information content (AvgIpc) is 3.00. The normalized spacial score (nSPS) is 11.0. The highest BCUT2D eigenvalue weighted by molar-refractivity contribution is 7.14. The molecule has 2 heterocycles. The Labute approximate surface area is 144 Å². The van der Waals surface area contributed by atoms with Crippen molar-refractivity contribution in [3.8, 4) is 11.3 Å². The van der Waals surface area contributed by atoms with Gasteiger partial charge in [0.25, 0.3) is 0 Å². The van der Waals surface area contributed by atoms with Crippen LogP contribution in [-0.4, -0.2) is 4.98 Å². The molecule has 0 saturated heterocycles. The Kier molecular flexibility index (Phi) is 4.66. The number of hydrogen-bond acceptors (Lipinski definition) is 6. The molecular formula is C18H19N3O2S. The first-order valence-corrected chi connectivity index (χ1v) is 8.59. The lowest BCUT2D eigenvalue weighted by Gasteiger charge is -2.11. The maximum Gasteiger partial charge on any atom is 0.345 e. The van der Waals surface area contributed by atoms with Crippen molar-refractivity contribution in [2.45, 2.75) is 20.3 Å². The number of allylic oxidation sites excluding steroid dienone is 1. The third-order valence-electron chi connectivity index (χ3n) is 3.42. The van der Waals surface area contributed by atoms with E-state index >= 15 is 0 Å². The van der Waals surface area contributed by atoms with Gasteiger partial charge in [0.2, 0.25) is 5.13 Å². The topological polar surface area (TPSA) is 67.2 Å². The highest BCUT2D eigenvalue weighted by atomic mass is 32.1. The molecule has 2 aromatic heterocycles. The van der Waals surface area contributed by atoms with Crippen molar-refractivity contribution in [1.29, 1.82) is 0 Å². The standard InChI is InChI=1S/C18H19N3O2S/c1-11(2)8-12(3)20-21-18-19-15(10-24-18)14-9-13-6-4-5-7-16(13)23-17(14)22/h4-7,9-11,20H,3,8H2,1-2H3,(H,19,21). The molecule has 24 heavy (non-hydrogen) atoms. The molecule has 0 saturated carbocycles. The van der Waals surface area contributed by atoms with Gasteiger partial charge in [-0.1, -0.05) is 38.6 Å². The fourth-order valence-electron chi connectivity index (χ4n) is 2.38. The van der Waals surface area contributed by atoms with Crippen LogP contribution in [0.1, 0.15) is 20.3 Å². The minimum Gasteiger partial charge on any atom is -0.422 e. The number of rotatable bonds is 6. The molecule has 0 unspecified atom stereocenters. The number of anilines is 1. The number of nitrogens with one attached hydrogen (secondary N) is 2. The SMILES string of the molecule is C=C(CC(C)C)NNc1nc(-c2cc3ccccc3oc2=O)cs1. The van der Waals surface area contributed by atoms with Gasteiger partial charge in [0.1, 0.15) is 5.58 Å². The van der Waals surface area contributed by atoms with E-state index < -0.39 is 0 Å². The number of hydrogen-bond donors (Lipinski definition) is 2. The summed E-state index contributed by atoms with van der Waals surface area (Å²) in [6.45, 7) is 8.23. The Balaban J connectivity index is 1.79. The van der Waals surface area contributed by atoms with Gasteiger partial charge in [0.05, 0.1) is 11.3 Å². The zero-order chi connectivity index (χ0) is 17.1. The quantitative estimate of drug-likeness (QED) is 0.514. The first-order chi connectivity index (χ1) is 11.5. The minimum absolute atomic E-state index is 0.386. The summed E-state index contributed by atoms with van der Waals surface area (Å²) in [4.78, 5) is 16.6. The largest absolute Gasteiger partial charge is 0.422 e. The number of para-hydroxylation sites is 1. The average molecular weight is 341 g/mol. The number of nitrogens with zero attached hydrogens (tertiary/aromatic N) is 1. The van der Waals surface area contributed by atoms with Crippen LogP contribution in [0.4, 0.5) is 5.13 Å². The molecule has 0 aliphatic rings. The Morgan fingerprint density at radius 2 is 2.17 bits per heavy atom. The molecule has 0 fully saturated rings. The van der Waals surface area contributed by atoms with E-state index in [1.54, 1.807) is 6.07 Å². The van der Waals surface area contributed by atoms with Crippen LogP contribution in [0.2, 0.25) is 0 Å². The zero-order valence-electron chi connectivity index (χ0n) is 13.6. The summed E-state index contributed by atoms with van der Waals surface area (Å²) < 4.78 is 5.36. The minimum atomic E-state index is -0.386. The van der Waals surface area contributed by atoms with Gasteiger partial charge < -0.3 is 9.84 Å². The van der Waals surface area contributed by atoms with Gasteiger partial charge in [-0.3, -0.25) is 5.43 Å². The lowest BCUT2D eigenvalue weighted by atomic mass is 10.1. The predicted molar refractivity (Wildman–Crippen MR) is 98.9 cm³/mol. The Morgan fingerprint density at radius 3 is 2.96 bits per heavy atom. The molecule has 0 radical (unpaired) electrons. The van der Waals surface area contributed by atoms with Crippen molar-refractivity contribution >= 4 is 27.4 Å². The van der Waals surface area contributed by atoms with Gasteiger partial charge >= 0.3 is 5.63 Å². The summed E-state index contributed by atoms with van der Waals surface area (Å²) in [5.41, 5.74) is 8.20. The van der Waals surface area contributed by atoms with Crippen LogP contribution in [0, 0.1) is 5.92 Å². The molecule has 0 atom stereocenters. The van der Waals surface area contributed by atoms with Crippen LogP contribution in [0.5, 0.6) is 0 Å².